The average Bonchev–Trinajstić information content (AvgIpc) is 2.53. The summed E-state index contributed by atoms with van der Waals surface area (Å²) in [5, 5.41) is 0. The molecule has 2 N–H and O–H groups in total. The fraction of sp³-hybridized carbons (Fsp3) is 0.625. The van der Waals surface area contributed by atoms with Crippen LogP contribution in [0, 0.1) is 0 Å². The normalized spacial score (nSPS) is 18.9. The summed E-state index contributed by atoms with van der Waals surface area (Å²) in [6, 6.07) is -0.310. The third kappa shape index (κ3) is 1.80. The van der Waals surface area contributed by atoms with E-state index in [4.69, 9.17) is 5.73 Å². The molecule has 0 unspecified atom stereocenters. The van der Waals surface area contributed by atoms with Crippen LogP contribution in [-0.4, -0.2) is 29.9 Å². The largest absolute Gasteiger partial charge is 0.334 e. The van der Waals surface area contributed by atoms with Gasteiger partial charge in [0.05, 0.1) is 6.04 Å². The molecule has 0 radical (unpaired) electrons. The Kier molecular flexibility index (Phi) is 2.65. The van der Waals surface area contributed by atoms with Crippen molar-refractivity contribution < 1.29 is 4.79 Å². The Hall–Kier alpha value is -0.830. The molecule has 1 aliphatic heterocycles. The van der Waals surface area contributed by atoms with Crippen LogP contribution in [0.4, 0.5) is 0 Å². The van der Waals surface area contributed by atoms with Crippen molar-refractivity contribution in [3.05, 3.63) is 12.2 Å². The van der Waals surface area contributed by atoms with Crippen LogP contribution in [0.5, 0.6) is 0 Å². The van der Waals surface area contributed by atoms with Crippen LogP contribution in [0.1, 0.15) is 13.3 Å². The van der Waals surface area contributed by atoms with E-state index in [1.54, 1.807) is 4.90 Å². The van der Waals surface area contributed by atoms with Gasteiger partial charge in [-0.2, -0.15) is 0 Å². The van der Waals surface area contributed by atoms with Crippen LogP contribution in [0.25, 0.3) is 0 Å². The third-order valence-electron chi connectivity index (χ3n) is 1.89. The average molecular weight is 154 g/mol. The van der Waals surface area contributed by atoms with Crippen LogP contribution in [0.15, 0.2) is 12.2 Å². The van der Waals surface area contributed by atoms with Gasteiger partial charge in [0.1, 0.15) is 0 Å². The monoisotopic (exact) mass is 154 g/mol. The molecular weight excluding hydrogens is 140 g/mol. The van der Waals surface area contributed by atoms with Gasteiger partial charge in [-0.05, 0) is 6.42 Å². The topological polar surface area (TPSA) is 46.3 Å². The van der Waals surface area contributed by atoms with E-state index < -0.39 is 0 Å². The quantitative estimate of drug-likeness (QED) is 0.574. The highest BCUT2D eigenvalue weighted by molar-refractivity contribution is 5.82. The van der Waals surface area contributed by atoms with Crippen molar-refractivity contribution in [2.75, 3.05) is 13.1 Å². The summed E-state index contributed by atoms with van der Waals surface area (Å²) in [7, 11) is 0. The molecule has 0 spiro atoms. The molecule has 3 nitrogen and oxygen atoms in total. The second-order valence-electron chi connectivity index (χ2n) is 2.73. The summed E-state index contributed by atoms with van der Waals surface area (Å²) in [6.45, 7) is 3.38. The molecule has 0 aromatic rings. The van der Waals surface area contributed by atoms with Crippen molar-refractivity contribution >= 4 is 5.91 Å². The standard InChI is InChI=1S/C8H14N2O/c1-2-7(9)8(11)10-5-3-4-6-10/h3-4,7H,2,5-6,9H2,1H3/t7-/m0/s1. The van der Waals surface area contributed by atoms with Gasteiger partial charge in [-0.25, -0.2) is 0 Å². The van der Waals surface area contributed by atoms with Crippen molar-refractivity contribution in [3.63, 3.8) is 0 Å². The lowest BCUT2D eigenvalue weighted by atomic mass is 10.2. The molecule has 11 heavy (non-hydrogen) atoms. The molecular formula is C8H14N2O. The van der Waals surface area contributed by atoms with Crippen LogP contribution in [0.2, 0.25) is 0 Å². The number of amides is 1. The fourth-order valence-corrected chi connectivity index (χ4v) is 1.07. The second-order valence-corrected chi connectivity index (χ2v) is 2.73. The minimum atomic E-state index is -0.310. The molecule has 0 aromatic heterocycles. The Bertz CT molecular complexity index is 169. The Labute approximate surface area is 66.9 Å². The number of hydrogen-bond acceptors (Lipinski definition) is 2. The van der Waals surface area contributed by atoms with Gasteiger partial charge in [-0.1, -0.05) is 19.1 Å². The van der Waals surface area contributed by atoms with Gasteiger partial charge in [-0.15, -0.1) is 0 Å². The first-order valence-corrected chi connectivity index (χ1v) is 3.95. The molecule has 0 saturated carbocycles. The molecule has 0 aromatic carbocycles. The van der Waals surface area contributed by atoms with Gasteiger partial charge >= 0.3 is 0 Å². The van der Waals surface area contributed by atoms with Crippen molar-refractivity contribution in [1.29, 1.82) is 0 Å². The maximum absolute atomic E-state index is 11.3. The maximum Gasteiger partial charge on any atom is 0.240 e. The summed E-state index contributed by atoms with van der Waals surface area (Å²) in [5.74, 6) is 0.0671. The van der Waals surface area contributed by atoms with E-state index in [9.17, 15) is 4.79 Å². The van der Waals surface area contributed by atoms with Gasteiger partial charge in [0.2, 0.25) is 5.91 Å². The summed E-state index contributed by atoms with van der Waals surface area (Å²) >= 11 is 0. The van der Waals surface area contributed by atoms with E-state index in [-0.39, 0.29) is 11.9 Å². The molecule has 0 saturated heterocycles. The highest BCUT2D eigenvalue weighted by Crippen LogP contribution is 2.02. The Balaban J connectivity index is 2.41. The first kappa shape index (κ1) is 8.27. The molecule has 1 aliphatic rings. The van der Waals surface area contributed by atoms with E-state index in [1.165, 1.54) is 0 Å². The Morgan fingerprint density at radius 3 is 2.64 bits per heavy atom. The van der Waals surface area contributed by atoms with Crippen molar-refractivity contribution in [3.8, 4) is 0 Å². The maximum atomic E-state index is 11.3. The smallest absolute Gasteiger partial charge is 0.240 e. The molecule has 62 valence electrons. The number of nitrogens with two attached hydrogens (primary N) is 1. The number of nitrogens with zero attached hydrogens (tertiary/aromatic N) is 1. The zero-order valence-electron chi connectivity index (χ0n) is 6.79. The van der Waals surface area contributed by atoms with E-state index in [2.05, 4.69) is 0 Å². The Morgan fingerprint density at radius 1 is 1.64 bits per heavy atom. The lowest BCUT2D eigenvalue weighted by Crippen LogP contribution is -2.42. The summed E-state index contributed by atoms with van der Waals surface area (Å²) in [5.41, 5.74) is 5.58. The van der Waals surface area contributed by atoms with E-state index in [1.807, 2.05) is 19.1 Å². The molecule has 1 heterocycles. The number of carbonyl (C=O) groups excluding carboxylic acids is 1. The van der Waals surface area contributed by atoms with Crippen LogP contribution in [0.3, 0.4) is 0 Å². The van der Waals surface area contributed by atoms with Gasteiger partial charge in [0.15, 0.2) is 0 Å². The van der Waals surface area contributed by atoms with Gasteiger partial charge in [-0.3, -0.25) is 4.79 Å². The number of hydrogen-bond donors (Lipinski definition) is 1. The van der Waals surface area contributed by atoms with E-state index in [0.29, 0.717) is 0 Å². The van der Waals surface area contributed by atoms with Crippen LogP contribution >= 0.6 is 0 Å². The van der Waals surface area contributed by atoms with E-state index >= 15 is 0 Å². The molecule has 3 heteroatoms. The van der Waals surface area contributed by atoms with Gasteiger partial charge < -0.3 is 10.6 Å². The minimum Gasteiger partial charge on any atom is -0.334 e. The molecule has 1 atom stereocenters. The predicted molar refractivity (Wildman–Crippen MR) is 44.0 cm³/mol. The first-order valence-electron chi connectivity index (χ1n) is 3.95. The van der Waals surface area contributed by atoms with Crippen LogP contribution in [-0.2, 0) is 4.79 Å². The molecule has 1 amide bonds. The lowest BCUT2D eigenvalue weighted by Gasteiger charge is -2.18. The SMILES string of the molecule is CC[C@H](N)C(=O)N1CC=CC1. The van der Waals surface area contributed by atoms with Crippen molar-refractivity contribution in [1.82, 2.24) is 4.90 Å². The summed E-state index contributed by atoms with van der Waals surface area (Å²) in [6.07, 6.45) is 4.69. The van der Waals surface area contributed by atoms with Crippen LogP contribution < -0.4 is 5.73 Å². The summed E-state index contributed by atoms with van der Waals surface area (Å²) in [4.78, 5) is 13.1. The third-order valence-corrected chi connectivity index (χ3v) is 1.89. The highest BCUT2D eigenvalue weighted by Gasteiger charge is 2.19. The number of rotatable bonds is 2. The van der Waals surface area contributed by atoms with Gasteiger partial charge in [0, 0.05) is 13.1 Å². The van der Waals surface area contributed by atoms with Crippen molar-refractivity contribution in [2.45, 2.75) is 19.4 Å². The second kappa shape index (κ2) is 3.53. The lowest BCUT2D eigenvalue weighted by molar-refractivity contribution is -0.131. The highest BCUT2D eigenvalue weighted by atomic mass is 16.2. The number of carbonyl (C=O) groups is 1. The molecule has 0 bridgehead atoms. The van der Waals surface area contributed by atoms with Crippen molar-refractivity contribution in [2.24, 2.45) is 5.73 Å². The summed E-state index contributed by atoms with van der Waals surface area (Å²) < 4.78 is 0. The molecule has 1 rings (SSSR count). The van der Waals surface area contributed by atoms with E-state index in [0.717, 1.165) is 19.5 Å². The molecule has 0 aliphatic carbocycles. The first-order chi connectivity index (χ1) is 5.25. The zero-order valence-corrected chi connectivity index (χ0v) is 6.79. The minimum absolute atomic E-state index is 0.0671. The Morgan fingerprint density at radius 2 is 2.18 bits per heavy atom. The zero-order chi connectivity index (χ0) is 8.27. The fourth-order valence-electron chi connectivity index (χ4n) is 1.07. The molecule has 0 fully saturated rings. The predicted octanol–water partition coefficient (Wildman–Crippen LogP) is 0.122. The van der Waals surface area contributed by atoms with Gasteiger partial charge in [0.25, 0.3) is 0 Å².